The van der Waals surface area contributed by atoms with E-state index in [1.165, 1.54) is 0 Å². The van der Waals surface area contributed by atoms with Gasteiger partial charge in [-0.15, -0.1) is 0 Å². The number of hydrogen-bond acceptors (Lipinski definition) is 4. The van der Waals surface area contributed by atoms with Crippen molar-refractivity contribution in [3.63, 3.8) is 0 Å². The molecular formula is C22H28N4O3. The van der Waals surface area contributed by atoms with Gasteiger partial charge in [-0.25, -0.2) is 4.98 Å². The normalized spacial score (nSPS) is 19.2. The molecule has 0 saturated carbocycles. The van der Waals surface area contributed by atoms with Crippen molar-refractivity contribution >= 4 is 17.5 Å². The largest absolute Gasteiger partial charge is 0.363 e. The number of benzene rings is 1. The van der Waals surface area contributed by atoms with Crippen molar-refractivity contribution in [1.29, 1.82) is 0 Å². The highest BCUT2D eigenvalue weighted by atomic mass is 16.5. The first kappa shape index (κ1) is 19.6. The van der Waals surface area contributed by atoms with Gasteiger partial charge < -0.3 is 19.1 Å². The van der Waals surface area contributed by atoms with E-state index >= 15 is 0 Å². The van der Waals surface area contributed by atoms with Gasteiger partial charge in [0, 0.05) is 37.1 Å². The van der Waals surface area contributed by atoms with Gasteiger partial charge in [-0.2, -0.15) is 0 Å². The number of carbonyl (C=O) groups excluding carboxylic acids is 2. The molecule has 0 atom stereocenters. The smallest absolute Gasteiger partial charge is 0.253 e. The second-order valence-electron chi connectivity index (χ2n) is 8.24. The van der Waals surface area contributed by atoms with E-state index in [0.29, 0.717) is 26.2 Å². The van der Waals surface area contributed by atoms with Gasteiger partial charge >= 0.3 is 0 Å². The van der Waals surface area contributed by atoms with Crippen molar-refractivity contribution in [2.45, 2.75) is 44.8 Å². The SMILES string of the molecule is CC(C)c1nccn1CC(=O)N1CCC2(CC1)CN(c1ccccc1)C(=O)CO2. The third-order valence-corrected chi connectivity index (χ3v) is 5.91. The van der Waals surface area contributed by atoms with E-state index in [0.717, 1.165) is 24.4 Å². The van der Waals surface area contributed by atoms with Crippen LogP contribution in [0.4, 0.5) is 5.69 Å². The van der Waals surface area contributed by atoms with Crippen molar-refractivity contribution < 1.29 is 14.3 Å². The molecule has 3 heterocycles. The summed E-state index contributed by atoms with van der Waals surface area (Å²) in [5, 5.41) is 0. The van der Waals surface area contributed by atoms with Gasteiger partial charge in [-0.1, -0.05) is 32.0 Å². The summed E-state index contributed by atoms with van der Waals surface area (Å²) < 4.78 is 7.95. The number of aromatic nitrogens is 2. The molecule has 1 aromatic carbocycles. The average molecular weight is 396 g/mol. The Hall–Kier alpha value is -2.67. The maximum Gasteiger partial charge on any atom is 0.253 e. The molecule has 0 radical (unpaired) electrons. The number of amides is 2. The van der Waals surface area contributed by atoms with E-state index in [1.54, 1.807) is 6.20 Å². The van der Waals surface area contributed by atoms with E-state index in [2.05, 4.69) is 18.8 Å². The minimum absolute atomic E-state index is 0.0124. The lowest BCUT2D eigenvalue weighted by Crippen LogP contribution is -2.59. The summed E-state index contributed by atoms with van der Waals surface area (Å²) in [6, 6.07) is 9.72. The van der Waals surface area contributed by atoms with Gasteiger partial charge in [0.25, 0.3) is 5.91 Å². The van der Waals surface area contributed by atoms with Crippen LogP contribution < -0.4 is 4.90 Å². The summed E-state index contributed by atoms with van der Waals surface area (Å²) in [6.07, 6.45) is 5.08. The summed E-state index contributed by atoms with van der Waals surface area (Å²) >= 11 is 0. The summed E-state index contributed by atoms with van der Waals surface area (Å²) in [5.41, 5.74) is 0.526. The molecule has 2 aliphatic heterocycles. The Morgan fingerprint density at radius 3 is 2.62 bits per heavy atom. The molecule has 4 rings (SSSR count). The number of likely N-dealkylation sites (tertiary alicyclic amines) is 1. The number of ether oxygens (including phenoxy) is 1. The summed E-state index contributed by atoms with van der Waals surface area (Å²) in [5.74, 6) is 1.30. The molecule has 29 heavy (non-hydrogen) atoms. The molecule has 0 unspecified atom stereocenters. The molecule has 154 valence electrons. The summed E-state index contributed by atoms with van der Waals surface area (Å²) in [7, 11) is 0. The molecule has 7 nitrogen and oxygen atoms in total. The highest BCUT2D eigenvalue weighted by molar-refractivity contribution is 5.95. The standard InChI is InChI=1S/C22H28N4O3/c1-17(2)21-23-10-13-25(21)14-19(27)24-11-8-22(9-12-24)16-26(20(28)15-29-22)18-6-4-3-5-7-18/h3-7,10,13,17H,8-9,11-12,14-16H2,1-2H3. The van der Waals surface area contributed by atoms with Gasteiger partial charge in [-0.05, 0) is 25.0 Å². The van der Waals surface area contributed by atoms with Crippen LogP contribution in [0.3, 0.4) is 0 Å². The molecule has 7 heteroatoms. The number of morpholine rings is 1. The molecule has 2 aromatic rings. The Balaban J connectivity index is 1.39. The van der Waals surface area contributed by atoms with E-state index in [9.17, 15) is 9.59 Å². The first-order valence-corrected chi connectivity index (χ1v) is 10.3. The van der Waals surface area contributed by atoms with Crippen LogP contribution in [0, 0.1) is 0 Å². The molecule has 1 aromatic heterocycles. The van der Waals surface area contributed by atoms with Gasteiger partial charge in [0.1, 0.15) is 19.0 Å². The van der Waals surface area contributed by atoms with Crippen LogP contribution in [-0.4, -0.2) is 58.1 Å². The Morgan fingerprint density at radius 2 is 1.93 bits per heavy atom. The van der Waals surface area contributed by atoms with Crippen LogP contribution in [0.25, 0.3) is 0 Å². The maximum atomic E-state index is 12.8. The highest BCUT2D eigenvalue weighted by Gasteiger charge is 2.43. The zero-order valence-electron chi connectivity index (χ0n) is 17.1. The molecule has 0 bridgehead atoms. The first-order valence-electron chi connectivity index (χ1n) is 10.3. The number of imidazole rings is 1. The summed E-state index contributed by atoms with van der Waals surface area (Å²) in [4.78, 5) is 33.3. The van der Waals surface area contributed by atoms with E-state index in [-0.39, 0.29) is 29.9 Å². The van der Waals surface area contributed by atoms with E-state index in [4.69, 9.17) is 4.74 Å². The zero-order chi connectivity index (χ0) is 20.4. The first-order chi connectivity index (χ1) is 14.0. The van der Waals surface area contributed by atoms with Crippen molar-refractivity contribution in [2.24, 2.45) is 0 Å². The fourth-order valence-corrected chi connectivity index (χ4v) is 4.22. The number of anilines is 1. The third-order valence-electron chi connectivity index (χ3n) is 5.91. The number of para-hydroxylation sites is 1. The molecule has 2 fully saturated rings. The fraction of sp³-hybridized carbons (Fsp3) is 0.500. The number of rotatable bonds is 4. The van der Waals surface area contributed by atoms with Crippen LogP contribution in [0.15, 0.2) is 42.7 Å². The van der Waals surface area contributed by atoms with Gasteiger partial charge in [-0.3, -0.25) is 9.59 Å². The topological polar surface area (TPSA) is 67.7 Å². The Labute approximate surface area is 171 Å². The van der Waals surface area contributed by atoms with Crippen molar-refractivity contribution in [2.75, 3.05) is 31.1 Å². The lowest BCUT2D eigenvalue weighted by molar-refractivity contribution is -0.150. The molecule has 1 spiro atoms. The number of nitrogens with zero attached hydrogens (tertiary/aromatic N) is 4. The van der Waals surface area contributed by atoms with Crippen LogP contribution >= 0.6 is 0 Å². The molecule has 2 aliphatic rings. The zero-order valence-corrected chi connectivity index (χ0v) is 17.1. The van der Waals surface area contributed by atoms with Crippen LogP contribution in [0.1, 0.15) is 38.4 Å². The number of carbonyl (C=O) groups is 2. The van der Waals surface area contributed by atoms with Crippen molar-refractivity contribution in [3.8, 4) is 0 Å². The molecule has 2 amide bonds. The third kappa shape index (κ3) is 4.05. The monoisotopic (exact) mass is 396 g/mol. The second kappa shape index (κ2) is 7.99. The highest BCUT2D eigenvalue weighted by Crippen LogP contribution is 2.32. The quantitative estimate of drug-likeness (QED) is 0.796. The minimum Gasteiger partial charge on any atom is -0.363 e. The fourth-order valence-electron chi connectivity index (χ4n) is 4.22. The minimum atomic E-state index is -0.376. The van der Waals surface area contributed by atoms with E-state index < -0.39 is 0 Å². The van der Waals surface area contributed by atoms with Gasteiger partial charge in [0.05, 0.1) is 12.1 Å². The maximum absolute atomic E-state index is 12.8. The summed E-state index contributed by atoms with van der Waals surface area (Å²) in [6.45, 7) is 6.38. The van der Waals surface area contributed by atoms with Crippen LogP contribution in [0.2, 0.25) is 0 Å². The van der Waals surface area contributed by atoms with Gasteiger partial charge in [0.2, 0.25) is 5.91 Å². The Morgan fingerprint density at radius 1 is 1.21 bits per heavy atom. The molecule has 0 aliphatic carbocycles. The van der Waals surface area contributed by atoms with Crippen molar-refractivity contribution in [1.82, 2.24) is 14.5 Å². The molecule has 0 N–H and O–H groups in total. The van der Waals surface area contributed by atoms with E-state index in [1.807, 2.05) is 50.9 Å². The predicted molar refractivity (Wildman–Crippen MR) is 110 cm³/mol. The predicted octanol–water partition coefficient (Wildman–Crippen LogP) is 2.43. The van der Waals surface area contributed by atoms with Crippen LogP contribution in [0.5, 0.6) is 0 Å². The van der Waals surface area contributed by atoms with Gasteiger partial charge in [0.15, 0.2) is 0 Å². The number of hydrogen-bond donors (Lipinski definition) is 0. The lowest BCUT2D eigenvalue weighted by Gasteiger charge is -2.47. The second-order valence-corrected chi connectivity index (χ2v) is 8.24. The Bertz CT molecular complexity index is 869. The number of piperidine rings is 1. The van der Waals surface area contributed by atoms with Crippen molar-refractivity contribution in [3.05, 3.63) is 48.5 Å². The van der Waals surface area contributed by atoms with Crippen LogP contribution in [-0.2, 0) is 20.9 Å². The lowest BCUT2D eigenvalue weighted by atomic mass is 9.89. The molecule has 2 saturated heterocycles. The molecular weight excluding hydrogens is 368 g/mol. The average Bonchev–Trinajstić information content (AvgIpc) is 3.20. The Kier molecular flexibility index (Phi) is 5.41.